The lowest BCUT2D eigenvalue weighted by molar-refractivity contribution is -0.132. The van der Waals surface area contributed by atoms with Gasteiger partial charge in [0.1, 0.15) is 11.5 Å². The Bertz CT molecular complexity index is 1640. The number of aromatic amines is 1. The number of nitrogens with one attached hydrogen (secondary N) is 1. The predicted octanol–water partition coefficient (Wildman–Crippen LogP) is 6.89. The van der Waals surface area contributed by atoms with Crippen LogP contribution in [0, 0.1) is 13.8 Å². The number of nitrogens with zero attached hydrogens (tertiary/aromatic N) is 2. The first-order valence-corrected chi connectivity index (χ1v) is 13.6. The van der Waals surface area contributed by atoms with Gasteiger partial charge in [0.2, 0.25) is 5.95 Å². The predicted molar refractivity (Wildman–Crippen MR) is 158 cm³/mol. The van der Waals surface area contributed by atoms with E-state index >= 15 is 0 Å². The van der Waals surface area contributed by atoms with E-state index in [2.05, 4.69) is 30.7 Å². The maximum Gasteiger partial charge on any atom is 0.302 e. The maximum atomic E-state index is 13.6. The molecule has 1 aliphatic rings. The summed E-state index contributed by atoms with van der Waals surface area (Å²) < 4.78 is 5.79. The van der Waals surface area contributed by atoms with Crippen molar-refractivity contribution >= 4 is 34.4 Å². The lowest BCUT2D eigenvalue weighted by Crippen LogP contribution is -2.30. The van der Waals surface area contributed by atoms with E-state index in [0.717, 1.165) is 28.6 Å². The Morgan fingerprint density at radius 1 is 1.02 bits per heavy atom. The number of anilines is 1. The number of imidazole rings is 1. The average molecular weight is 538 g/mol. The molecule has 1 aliphatic heterocycles. The van der Waals surface area contributed by atoms with Gasteiger partial charge in [-0.1, -0.05) is 58.0 Å². The summed E-state index contributed by atoms with van der Waals surface area (Å²) in [7, 11) is 0. The number of aliphatic hydroxyl groups is 1. The molecule has 1 amide bonds. The van der Waals surface area contributed by atoms with Crippen molar-refractivity contribution in [1.82, 2.24) is 9.97 Å². The Kier molecular flexibility index (Phi) is 7.00. The van der Waals surface area contributed by atoms with Gasteiger partial charge in [-0.15, -0.1) is 0 Å². The summed E-state index contributed by atoms with van der Waals surface area (Å²) in [5.74, 6) is -0.774. The molecule has 2 N–H and O–H groups in total. The van der Waals surface area contributed by atoms with Crippen LogP contribution < -0.4 is 9.64 Å². The van der Waals surface area contributed by atoms with Gasteiger partial charge >= 0.3 is 5.91 Å². The highest BCUT2D eigenvalue weighted by molar-refractivity contribution is 6.51. The number of Topliss-reactive ketones (excluding diaryl/α,β-unsaturated/α-hetero) is 1. The molecule has 7 nitrogen and oxygen atoms in total. The highest BCUT2D eigenvalue weighted by Gasteiger charge is 2.48. The molecule has 0 aliphatic carbocycles. The van der Waals surface area contributed by atoms with Crippen LogP contribution in [0.2, 0.25) is 0 Å². The van der Waals surface area contributed by atoms with E-state index in [1.165, 1.54) is 4.90 Å². The molecule has 0 radical (unpaired) electrons. The van der Waals surface area contributed by atoms with Crippen molar-refractivity contribution in [2.75, 3.05) is 11.5 Å². The molecule has 3 aromatic carbocycles. The second-order valence-corrected chi connectivity index (χ2v) is 11.5. The zero-order chi connectivity index (χ0) is 28.8. The quantitative estimate of drug-likeness (QED) is 0.159. The number of fused-ring (bicyclic) bond motifs is 1. The Morgan fingerprint density at radius 3 is 2.40 bits per heavy atom. The molecule has 5 rings (SSSR count). The Labute approximate surface area is 234 Å². The molecule has 0 spiro atoms. The lowest BCUT2D eigenvalue weighted by Gasteiger charge is -2.25. The standard InChI is InChI=1S/C33H35N3O4/c1-7-16-40-26-15-11-22(18-20(26)3)29(37)27-28(21-9-12-23(13-10-21)33(4,5)6)36(31(39)30(27)38)32-34-24-14-8-19(2)17-25(24)35-32/h8-15,17-18,28,37H,7,16H2,1-6H3,(H,34,35)/b29-27+. The van der Waals surface area contributed by atoms with Crippen molar-refractivity contribution in [3.8, 4) is 5.75 Å². The molecule has 0 bridgehead atoms. The smallest absolute Gasteiger partial charge is 0.302 e. The van der Waals surface area contributed by atoms with Crippen LogP contribution in [-0.2, 0) is 15.0 Å². The number of hydrogen-bond donors (Lipinski definition) is 2. The lowest BCUT2D eigenvalue weighted by atomic mass is 9.85. The van der Waals surface area contributed by atoms with Crippen LogP contribution in [0.1, 0.15) is 68.0 Å². The van der Waals surface area contributed by atoms with Gasteiger partial charge in [0.05, 0.1) is 29.3 Å². The Morgan fingerprint density at radius 2 is 1.75 bits per heavy atom. The minimum Gasteiger partial charge on any atom is -0.507 e. The fraction of sp³-hybridized carbons (Fsp3) is 0.303. The molecule has 0 saturated carbocycles. The van der Waals surface area contributed by atoms with Crippen molar-refractivity contribution in [3.05, 3.63) is 94.1 Å². The Balaban J connectivity index is 1.67. The van der Waals surface area contributed by atoms with Crippen LogP contribution in [0.4, 0.5) is 5.95 Å². The number of ketones is 1. The Hall–Kier alpha value is -4.39. The third-order valence-electron chi connectivity index (χ3n) is 7.30. The van der Waals surface area contributed by atoms with Crippen molar-refractivity contribution < 1.29 is 19.4 Å². The molecule has 1 saturated heterocycles. The first kappa shape index (κ1) is 27.2. The van der Waals surface area contributed by atoms with Crippen LogP contribution in [-0.4, -0.2) is 33.4 Å². The fourth-order valence-corrected chi connectivity index (χ4v) is 5.08. The van der Waals surface area contributed by atoms with Crippen molar-refractivity contribution in [2.45, 2.75) is 59.4 Å². The molecule has 1 fully saturated rings. The minimum atomic E-state index is -0.869. The summed E-state index contributed by atoms with van der Waals surface area (Å²) in [5.41, 5.74) is 5.51. The zero-order valence-corrected chi connectivity index (χ0v) is 23.8. The van der Waals surface area contributed by atoms with Crippen LogP contribution in [0.25, 0.3) is 16.8 Å². The number of rotatable bonds is 6. The number of hydrogen-bond acceptors (Lipinski definition) is 5. The molecule has 40 heavy (non-hydrogen) atoms. The molecular formula is C33H35N3O4. The highest BCUT2D eigenvalue weighted by Crippen LogP contribution is 2.42. The van der Waals surface area contributed by atoms with E-state index in [9.17, 15) is 14.7 Å². The number of aryl methyl sites for hydroxylation is 2. The second-order valence-electron chi connectivity index (χ2n) is 11.5. The van der Waals surface area contributed by atoms with Gasteiger partial charge in [0.25, 0.3) is 5.78 Å². The normalized spacial score (nSPS) is 17.1. The highest BCUT2D eigenvalue weighted by atomic mass is 16.5. The summed E-state index contributed by atoms with van der Waals surface area (Å²) in [6.07, 6.45) is 0.875. The largest absolute Gasteiger partial charge is 0.507 e. The molecule has 4 aromatic rings. The summed E-state index contributed by atoms with van der Waals surface area (Å²) in [5, 5.41) is 11.6. The fourth-order valence-electron chi connectivity index (χ4n) is 5.08. The number of benzene rings is 3. The van der Waals surface area contributed by atoms with Crippen LogP contribution in [0.15, 0.2) is 66.2 Å². The number of aliphatic hydroxyl groups excluding tert-OH is 1. The number of carbonyl (C=O) groups excluding carboxylic acids is 2. The van der Waals surface area contributed by atoms with Gasteiger partial charge < -0.3 is 14.8 Å². The van der Waals surface area contributed by atoms with Crippen molar-refractivity contribution in [3.63, 3.8) is 0 Å². The van der Waals surface area contributed by atoms with Gasteiger partial charge in [-0.2, -0.15) is 0 Å². The van der Waals surface area contributed by atoms with Gasteiger partial charge in [0, 0.05) is 5.56 Å². The SMILES string of the molecule is CCCOc1ccc(/C(O)=C2\C(=O)C(=O)N(c3nc4ccc(C)cc4[nH]3)C2c2ccc(C(C)(C)C)cc2)cc1C. The van der Waals surface area contributed by atoms with E-state index in [4.69, 9.17) is 4.74 Å². The maximum absolute atomic E-state index is 13.6. The average Bonchev–Trinajstić information content (AvgIpc) is 3.44. The molecule has 206 valence electrons. The molecule has 1 unspecified atom stereocenters. The van der Waals surface area contributed by atoms with Gasteiger partial charge in [-0.3, -0.25) is 14.5 Å². The van der Waals surface area contributed by atoms with Gasteiger partial charge in [-0.25, -0.2) is 4.98 Å². The molecule has 1 atom stereocenters. The van der Waals surface area contributed by atoms with E-state index in [-0.39, 0.29) is 22.7 Å². The van der Waals surface area contributed by atoms with E-state index in [1.54, 1.807) is 18.2 Å². The number of H-pyrrole nitrogens is 1. The second kappa shape index (κ2) is 10.3. The van der Waals surface area contributed by atoms with Gasteiger partial charge in [-0.05, 0) is 78.3 Å². The molecule has 2 heterocycles. The summed E-state index contributed by atoms with van der Waals surface area (Å²) >= 11 is 0. The minimum absolute atomic E-state index is 0.0202. The topological polar surface area (TPSA) is 95.5 Å². The molecule has 1 aromatic heterocycles. The van der Waals surface area contributed by atoms with Crippen molar-refractivity contribution in [1.29, 1.82) is 0 Å². The number of ether oxygens (including phenoxy) is 1. The summed E-state index contributed by atoms with van der Waals surface area (Å²) in [4.78, 5) is 36.4. The monoisotopic (exact) mass is 537 g/mol. The summed E-state index contributed by atoms with van der Waals surface area (Å²) in [6, 6.07) is 18.0. The third-order valence-corrected chi connectivity index (χ3v) is 7.30. The number of aromatic nitrogens is 2. The van der Waals surface area contributed by atoms with E-state index in [1.807, 2.05) is 63.2 Å². The first-order valence-electron chi connectivity index (χ1n) is 13.6. The van der Waals surface area contributed by atoms with Gasteiger partial charge in [0.15, 0.2) is 0 Å². The third kappa shape index (κ3) is 4.88. The first-order chi connectivity index (χ1) is 19.0. The van der Waals surface area contributed by atoms with Crippen LogP contribution in [0.3, 0.4) is 0 Å². The summed E-state index contributed by atoms with van der Waals surface area (Å²) in [6.45, 7) is 12.9. The van der Waals surface area contributed by atoms with E-state index < -0.39 is 17.7 Å². The van der Waals surface area contributed by atoms with Crippen LogP contribution >= 0.6 is 0 Å². The molecule has 7 heteroatoms. The van der Waals surface area contributed by atoms with Crippen LogP contribution in [0.5, 0.6) is 5.75 Å². The zero-order valence-electron chi connectivity index (χ0n) is 23.8. The number of amides is 1. The van der Waals surface area contributed by atoms with Crippen molar-refractivity contribution in [2.24, 2.45) is 0 Å². The number of carbonyl (C=O) groups is 2. The molecular weight excluding hydrogens is 502 g/mol. The van der Waals surface area contributed by atoms with E-state index in [0.29, 0.717) is 29.0 Å².